The van der Waals surface area contributed by atoms with Gasteiger partial charge in [0, 0.05) is 12.1 Å². The topological polar surface area (TPSA) is 40.5 Å². The van der Waals surface area contributed by atoms with Crippen molar-refractivity contribution in [3.63, 3.8) is 0 Å². The minimum Gasteiger partial charge on any atom is -0.478 e. The Morgan fingerprint density at radius 2 is 1.71 bits per heavy atom. The van der Waals surface area contributed by atoms with Crippen LogP contribution in [0.4, 0.5) is 0 Å². The molecule has 0 saturated heterocycles. The Morgan fingerprint density at radius 3 is 2.00 bits per heavy atom. The highest BCUT2D eigenvalue weighted by molar-refractivity contribution is 5.85. The molecular formula is C13H20ClNO2. The molecule has 17 heavy (non-hydrogen) atoms. The molecule has 0 aliphatic carbocycles. The number of carboxylic acid groups (broad SMARTS) is 1. The van der Waals surface area contributed by atoms with Crippen LogP contribution in [-0.4, -0.2) is 30.1 Å². The van der Waals surface area contributed by atoms with Crippen molar-refractivity contribution in [1.29, 1.82) is 0 Å². The van der Waals surface area contributed by atoms with E-state index < -0.39 is 5.97 Å². The van der Waals surface area contributed by atoms with Gasteiger partial charge in [0.25, 0.3) is 0 Å². The molecule has 4 heteroatoms. The zero-order valence-electron chi connectivity index (χ0n) is 10.5. The molecule has 0 amide bonds. The number of nitrogens with zero attached hydrogens (tertiary/aromatic N) is 1. The maximum absolute atomic E-state index is 9.60. The van der Waals surface area contributed by atoms with Crippen molar-refractivity contribution in [2.24, 2.45) is 0 Å². The summed E-state index contributed by atoms with van der Waals surface area (Å²) in [6.07, 6.45) is 0. The van der Waals surface area contributed by atoms with Crippen LogP contribution in [0.15, 0.2) is 42.5 Å². The summed E-state index contributed by atoms with van der Waals surface area (Å²) in [6, 6.07) is 10.5. The van der Waals surface area contributed by atoms with Crippen molar-refractivity contribution >= 4 is 18.4 Å². The number of hydrogen-bond acceptors (Lipinski definition) is 2. The maximum Gasteiger partial charge on any atom is 0.330 e. The number of rotatable bonds is 3. The molecule has 0 heterocycles. The van der Waals surface area contributed by atoms with E-state index in [4.69, 9.17) is 5.11 Å². The number of halogens is 1. The Morgan fingerprint density at radius 1 is 1.29 bits per heavy atom. The minimum absolute atomic E-state index is 0. The second-order valence-electron chi connectivity index (χ2n) is 3.81. The monoisotopic (exact) mass is 257 g/mol. The summed E-state index contributed by atoms with van der Waals surface area (Å²) in [7, 11) is 4.15. The summed E-state index contributed by atoms with van der Waals surface area (Å²) in [5.41, 5.74) is 1.54. The van der Waals surface area contributed by atoms with Gasteiger partial charge in [-0.3, -0.25) is 0 Å². The highest BCUT2D eigenvalue weighted by Gasteiger charge is 1.91. The number of hydrogen-bond donors (Lipinski definition) is 1. The van der Waals surface area contributed by atoms with Crippen molar-refractivity contribution in [3.8, 4) is 0 Å². The quantitative estimate of drug-likeness (QED) is 0.847. The Bertz CT molecular complexity index is 325. The van der Waals surface area contributed by atoms with Gasteiger partial charge in [-0.15, -0.1) is 12.4 Å². The van der Waals surface area contributed by atoms with E-state index in [1.807, 2.05) is 6.07 Å². The van der Waals surface area contributed by atoms with Gasteiger partial charge >= 0.3 is 5.97 Å². The van der Waals surface area contributed by atoms with E-state index >= 15 is 0 Å². The third kappa shape index (κ3) is 11.0. The maximum atomic E-state index is 9.60. The van der Waals surface area contributed by atoms with E-state index in [1.165, 1.54) is 12.5 Å². The summed E-state index contributed by atoms with van der Waals surface area (Å²) < 4.78 is 0. The van der Waals surface area contributed by atoms with Crippen molar-refractivity contribution in [1.82, 2.24) is 4.90 Å². The summed E-state index contributed by atoms with van der Waals surface area (Å²) >= 11 is 0. The van der Waals surface area contributed by atoms with Gasteiger partial charge in [0.05, 0.1) is 0 Å². The predicted molar refractivity (Wildman–Crippen MR) is 73.5 cm³/mol. The molecule has 0 unspecified atom stereocenters. The molecule has 0 aromatic heterocycles. The first-order valence-electron chi connectivity index (χ1n) is 5.01. The van der Waals surface area contributed by atoms with E-state index in [0.29, 0.717) is 0 Å². The van der Waals surface area contributed by atoms with Crippen molar-refractivity contribution < 1.29 is 9.90 Å². The van der Waals surface area contributed by atoms with Crippen LogP contribution in [0.5, 0.6) is 0 Å². The molecule has 0 aliphatic heterocycles. The third-order valence-corrected chi connectivity index (χ3v) is 1.71. The van der Waals surface area contributed by atoms with Crippen LogP contribution in [0.1, 0.15) is 12.5 Å². The lowest BCUT2D eigenvalue weighted by Crippen LogP contribution is -2.10. The van der Waals surface area contributed by atoms with Gasteiger partial charge < -0.3 is 10.0 Å². The largest absolute Gasteiger partial charge is 0.478 e. The van der Waals surface area contributed by atoms with Gasteiger partial charge in [-0.05, 0) is 26.6 Å². The number of carboxylic acids is 1. The number of aliphatic carboxylic acids is 1. The zero-order chi connectivity index (χ0) is 12.6. The smallest absolute Gasteiger partial charge is 0.330 e. The van der Waals surface area contributed by atoms with Crippen LogP contribution >= 0.6 is 12.4 Å². The molecule has 0 aliphatic rings. The SMILES string of the molecule is C=C(C)C(=O)O.CN(C)Cc1ccccc1.Cl. The average molecular weight is 258 g/mol. The lowest BCUT2D eigenvalue weighted by molar-refractivity contribution is -0.132. The van der Waals surface area contributed by atoms with Crippen LogP contribution in [0.3, 0.4) is 0 Å². The van der Waals surface area contributed by atoms with Crippen molar-refractivity contribution in [3.05, 3.63) is 48.0 Å². The van der Waals surface area contributed by atoms with Gasteiger partial charge in [-0.25, -0.2) is 4.79 Å². The van der Waals surface area contributed by atoms with Gasteiger partial charge in [0.15, 0.2) is 0 Å². The second-order valence-corrected chi connectivity index (χ2v) is 3.81. The van der Waals surface area contributed by atoms with E-state index in [-0.39, 0.29) is 18.0 Å². The first-order valence-corrected chi connectivity index (χ1v) is 5.01. The molecular weight excluding hydrogens is 238 g/mol. The van der Waals surface area contributed by atoms with Gasteiger partial charge in [-0.2, -0.15) is 0 Å². The Hall–Kier alpha value is -1.32. The van der Waals surface area contributed by atoms with Crippen LogP contribution in [0, 0.1) is 0 Å². The summed E-state index contributed by atoms with van der Waals surface area (Å²) in [5.74, 6) is -0.935. The first kappa shape index (κ1) is 18.1. The fraction of sp³-hybridized carbons (Fsp3) is 0.308. The van der Waals surface area contributed by atoms with Crippen LogP contribution < -0.4 is 0 Å². The molecule has 0 fully saturated rings. The lowest BCUT2D eigenvalue weighted by atomic mass is 10.2. The lowest BCUT2D eigenvalue weighted by Gasteiger charge is -2.08. The van der Waals surface area contributed by atoms with Gasteiger partial charge in [0.1, 0.15) is 0 Å². The van der Waals surface area contributed by atoms with Crippen LogP contribution in [0.25, 0.3) is 0 Å². The first-order chi connectivity index (χ1) is 7.43. The van der Waals surface area contributed by atoms with Crippen LogP contribution in [-0.2, 0) is 11.3 Å². The van der Waals surface area contributed by atoms with Crippen molar-refractivity contribution in [2.45, 2.75) is 13.5 Å². The second kappa shape index (κ2) is 9.87. The zero-order valence-corrected chi connectivity index (χ0v) is 11.3. The fourth-order valence-electron chi connectivity index (χ4n) is 0.949. The Balaban J connectivity index is 0. The Labute approximate surface area is 109 Å². The molecule has 0 saturated carbocycles. The predicted octanol–water partition coefficient (Wildman–Crippen LogP) is 2.82. The molecule has 0 bridgehead atoms. The van der Waals surface area contributed by atoms with Gasteiger partial charge in [-0.1, -0.05) is 36.9 Å². The number of carbonyl (C=O) groups is 1. The van der Waals surface area contributed by atoms with E-state index in [2.05, 4.69) is 49.8 Å². The molecule has 3 nitrogen and oxygen atoms in total. The van der Waals surface area contributed by atoms with Crippen LogP contribution in [0.2, 0.25) is 0 Å². The summed E-state index contributed by atoms with van der Waals surface area (Å²) in [4.78, 5) is 11.8. The van der Waals surface area contributed by atoms with E-state index in [0.717, 1.165) is 6.54 Å². The highest BCUT2D eigenvalue weighted by atomic mass is 35.5. The molecule has 1 aromatic carbocycles. The summed E-state index contributed by atoms with van der Waals surface area (Å²) in [5, 5.41) is 7.89. The molecule has 0 spiro atoms. The Kier molecular flexibility index (Phi) is 10.5. The normalized spacial score (nSPS) is 8.71. The fourth-order valence-corrected chi connectivity index (χ4v) is 0.949. The molecule has 1 N–H and O–H groups in total. The molecule has 0 radical (unpaired) electrons. The number of benzene rings is 1. The van der Waals surface area contributed by atoms with E-state index in [9.17, 15) is 4.79 Å². The highest BCUT2D eigenvalue weighted by Crippen LogP contribution is 1.99. The van der Waals surface area contributed by atoms with E-state index in [1.54, 1.807) is 0 Å². The molecule has 0 atom stereocenters. The molecule has 1 rings (SSSR count). The standard InChI is InChI=1S/C9H13N.C4H6O2.ClH/c1-10(2)8-9-6-4-3-5-7-9;1-3(2)4(5)6;/h3-7H,8H2,1-2H3;1H2,2H3,(H,5,6);1H. The summed E-state index contributed by atoms with van der Waals surface area (Å²) in [6.45, 7) is 5.63. The minimum atomic E-state index is -0.935. The van der Waals surface area contributed by atoms with Gasteiger partial charge in [0.2, 0.25) is 0 Å². The third-order valence-electron chi connectivity index (χ3n) is 1.71. The molecule has 1 aromatic rings. The molecule has 96 valence electrons. The average Bonchev–Trinajstić information content (AvgIpc) is 2.19. The van der Waals surface area contributed by atoms with Crippen molar-refractivity contribution in [2.75, 3.05) is 14.1 Å².